The first-order chi connectivity index (χ1) is 9.51. The molecule has 2 aromatic rings. The number of nitrogens with one attached hydrogen (secondary N) is 1. The molecule has 20 heavy (non-hydrogen) atoms. The molecule has 0 spiro atoms. The largest absolute Gasteiger partial charge is 0.386 e. The lowest BCUT2D eigenvalue weighted by atomic mass is 10.1. The van der Waals surface area contributed by atoms with Crippen molar-refractivity contribution in [1.82, 2.24) is 0 Å². The molecule has 0 radical (unpaired) electrons. The van der Waals surface area contributed by atoms with Crippen molar-refractivity contribution >= 4 is 17.1 Å². The third-order valence-corrected chi connectivity index (χ3v) is 3.50. The zero-order valence-electron chi connectivity index (χ0n) is 12.8. The van der Waals surface area contributed by atoms with E-state index in [1.54, 1.807) is 0 Å². The van der Waals surface area contributed by atoms with Gasteiger partial charge in [-0.15, -0.1) is 5.11 Å². The minimum atomic E-state index is 0.857. The first-order valence-electron chi connectivity index (χ1n) is 6.79. The van der Waals surface area contributed by atoms with Crippen molar-refractivity contribution < 1.29 is 0 Å². The Bertz CT molecular complexity index is 658. The Kier molecular flexibility index (Phi) is 4.18. The second-order valence-corrected chi connectivity index (χ2v) is 5.19. The molecule has 1 N–H and O–H groups in total. The summed E-state index contributed by atoms with van der Waals surface area (Å²) in [5.74, 6) is 0. The molecule has 2 rings (SSSR count). The number of anilines is 1. The van der Waals surface area contributed by atoms with Gasteiger partial charge in [0.25, 0.3) is 0 Å². The Morgan fingerprint density at radius 2 is 1.40 bits per heavy atom. The quantitative estimate of drug-likeness (QED) is 0.745. The van der Waals surface area contributed by atoms with Crippen molar-refractivity contribution in [2.45, 2.75) is 27.7 Å². The van der Waals surface area contributed by atoms with E-state index < -0.39 is 0 Å². The molecule has 0 atom stereocenters. The molecule has 0 aliphatic heterocycles. The summed E-state index contributed by atoms with van der Waals surface area (Å²) in [7, 11) is 1.90. The molecular formula is C17H21N3. The molecule has 3 nitrogen and oxygen atoms in total. The van der Waals surface area contributed by atoms with Gasteiger partial charge in [-0.1, -0.05) is 12.1 Å². The van der Waals surface area contributed by atoms with Gasteiger partial charge in [0.15, 0.2) is 0 Å². The average Bonchev–Trinajstić information content (AvgIpc) is 2.42. The van der Waals surface area contributed by atoms with E-state index >= 15 is 0 Å². The fraction of sp³-hybridized carbons (Fsp3) is 0.294. The average molecular weight is 267 g/mol. The summed E-state index contributed by atoms with van der Waals surface area (Å²) in [5, 5.41) is 11.9. The molecule has 0 aliphatic carbocycles. The van der Waals surface area contributed by atoms with Gasteiger partial charge in [0.1, 0.15) is 5.69 Å². The van der Waals surface area contributed by atoms with Crippen LogP contribution in [0.2, 0.25) is 0 Å². The lowest BCUT2D eigenvalue weighted by Crippen LogP contribution is -1.88. The van der Waals surface area contributed by atoms with E-state index in [1.165, 1.54) is 16.7 Å². The van der Waals surface area contributed by atoms with Crippen LogP contribution in [0.1, 0.15) is 22.3 Å². The smallest absolute Gasteiger partial charge is 0.109 e. The van der Waals surface area contributed by atoms with Crippen molar-refractivity contribution in [2.24, 2.45) is 10.2 Å². The molecular weight excluding hydrogens is 246 g/mol. The van der Waals surface area contributed by atoms with Gasteiger partial charge in [0, 0.05) is 7.05 Å². The number of benzene rings is 2. The highest BCUT2D eigenvalue weighted by molar-refractivity contribution is 5.66. The molecule has 0 amide bonds. The van der Waals surface area contributed by atoms with E-state index in [-0.39, 0.29) is 0 Å². The van der Waals surface area contributed by atoms with Crippen LogP contribution < -0.4 is 5.32 Å². The van der Waals surface area contributed by atoms with Gasteiger partial charge < -0.3 is 5.32 Å². The number of azo groups is 1. The van der Waals surface area contributed by atoms with Gasteiger partial charge in [0.2, 0.25) is 0 Å². The van der Waals surface area contributed by atoms with Gasteiger partial charge in [0.05, 0.1) is 11.4 Å². The zero-order chi connectivity index (χ0) is 14.7. The van der Waals surface area contributed by atoms with E-state index in [0.717, 1.165) is 22.6 Å². The van der Waals surface area contributed by atoms with Crippen molar-refractivity contribution in [2.75, 3.05) is 12.4 Å². The molecule has 0 unspecified atom stereocenters. The maximum Gasteiger partial charge on any atom is 0.109 e. The molecule has 0 fully saturated rings. The van der Waals surface area contributed by atoms with E-state index in [4.69, 9.17) is 0 Å². The van der Waals surface area contributed by atoms with Crippen molar-refractivity contribution in [3.63, 3.8) is 0 Å². The highest BCUT2D eigenvalue weighted by Gasteiger charge is 2.03. The summed E-state index contributed by atoms with van der Waals surface area (Å²) in [5.41, 5.74) is 7.65. The predicted molar refractivity (Wildman–Crippen MR) is 85.6 cm³/mol. The second kappa shape index (κ2) is 5.87. The van der Waals surface area contributed by atoms with Crippen molar-refractivity contribution in [3.05, 3.63) is 52.6 Å². The Labute approximate surface area is 120 Å². The molecule has 0 heterocycles. The predicted octanol–water partition coefficient (Wildman–Crippen LogP) is 5.38. The fourth-order valence-electron chi connectivity index (χ4n) is 2.10. The standard InChI is InChI=1S/C17H21N3/c1-11-6-7-15(17(8-11)18-5)19-20-16-10-13(3)12(2)9-14(16)4/h6-10,18H,1-5H3. The van der Waals surface area contributed by atoms with Crippen molar-refractivity contribution in [1.29, 1.82) is 0 Å². The summed E-state index contributed by atoms with van der Waals surface area (Å²) in [6.07, 6.45) is 0. The Hall–Kier alpha value is -2.16. The zero-order valence-corrected chi connectivity index (χ0v) is 12.8. The lowest BCUT2D eigenvalue weighted by molar-refractivity contribution is 1.18. The highest BCUT2D eigenvalue weighted by Crippen LogP contribution is 2.29. The summed E-state index contributed by atoms with van der Waals surface area (Å²) in [6.45, 7) is 8.34. The van der Waals surface area contributed by atoms with Crippen LogP contribution in [0, 0.1) is 27.7 Å². The summed E-state index contributed by atoms with van der Waals surface area (Å²) in [6, 6.07) is 10.3. The van der Waals surface area contributed by atoms with E-state index in [1.807, 2.05) is 19.2 Å². The Morgan fingerprint density at radius 1 is 0.750 bits per heavy atom. The highest BCUT2D eigenvalue weighted by atomic mass is 15.1. The number of rotatable bonds is 3. The molecule has 0 bridgehead atoms. The molecule has 0 aromatic heterocycles. The monoisotopic (exact) mass is 267 g/mol. The topological polar surface area (TPSA) is 36.8 Å². The van der Waals surface area contributed by atoms with Crippen molar-refractivity contribution in [3.8, 4) is 0 Å². The van der Waals surface area contributed by atoms with Gasteiger partial charge in [-0.25, -0.2) is 0 Å². The lowest BCUT2D eigenvalue weighted by Gasteiger charge is -2.07. The van der Waals surface area contributed by atoms with E-state index in [9.17, 15) is 0 Å². The number of hydrogen-bond donors (Lipinski definition) is 1. The third-order valence-electron chi connectivity index (χ3n) is 3.50. The first kappa shape index (κ1) is 14.3. The maximum absolute atomic E-state index is 4.40. The number of hydrogen-bond acceptors (Lipinski definition) is 3. The maximum atomic E-state index is 4.40. The van der Waals surface area contributed by atoms with Crippen LogP contribution >= 0.6 is 0 Å². The van der Waals surface area contributed by atoms with E-state index in [2.05, 4.69) is 61.4 Å². The minimum absolute atomic E-state index is 0.857. The SMILES string of the molecule is CNc1cc(C)ccc1N=Nc1cc(C)c(C)cc1C. The molecule has 3 heteroatoms. The van der Waals surface area contributed by atoms with Gasteiger partial charge >= 0.3 is 0 Å². The third kappa shape index (κ3) is 3.05. The van der Waals surface area contributed by atoms with E-state index in [0.29, 0.717) is 0 Å². The summed E-state index contributed by atoms with van der Waals surface area (Å²) < 4.78 is 0. The van der Waals surface area contributed by atoms with Crippen LogP contribution in [0.5, 0.6) is 0 Å². The van der Waals surface area contributed by atoms with Crippen LogP contribution in [0.25, 0.3) is 0 Å². The van der Waals surface area contributed by atoms with Crippen LogP contribution in [-0.2, 0) is 0 Å². The molecule has 0 aliphatic rings. The molecule has 0 saturated heterocycles. The van der Waals surface area contributed by atoms with Gasteiger partial charge in [-0.05, 0) is 68.1 Å². The number of nitrogens with zero attached hydrogens (tertiary/aromatic N) is 2. The first-order valence-corrected chi connectivity index (χ1v) is 6.79. The molecule has 104 valence electrons. The Balaban J connectivity index is 2.37. The van der Waals surface area contributed by atoms with Gasteiger partial charge in [-0.3, -0.25) is 0 Å². The Morgan fingerprint density at radius 3 is 2.10 bits per heavy atom. The minimum Gasteiger partial charge on any atom is -0.386 e. The van der Waals surface area contributed by atoms with Crippen LogP contribution in [0.15, 0.2) is 40.6 Å². The molecule has 0 saturated carbocycles. The summed E-state index contributed by atoms with van der Waals surface area (Å²) in [4.78, 5) is 0. The second-order valence-electron chi connectivity index (χ2n) is 5.19. The number of aryl methyl sites for hydroxylation is 4. The fourth-order valence-corrected chi connectivity index (χ4v) is 2.10. The van der Waals surface area contributed by atoms with Crippen LogP contribution in [0.4, 0.5) is 17.1 Å². The van der Waals surface area contributed by atoms with Crippen LogP contribution in [-0.4, -0.2) is 7.05 Å². The normalized spacial score (nSPS) is 11.1. The van der Waals surface area contributed by atoms with Crippen LogP contribution in [0.3, 0.4) is 0 Å². The summed E-state index contributed by atoms with van der Waals surface area (Å²) >= 11 is 0. The molecule has 2 aromatic carbocycles. The van der Waals surface area contributed by atoms with Gasteiger partial charge in [-0.2, -0.15) is 5.11 Å².